The van der Waals surface area contributed by atoms with Crippen LogP contribution in [-0.4, -0.2) is 110 Å². The maximum Gasteiger partial charge on any atom is 0.110 e. The van der Waals surface area contributed by atoms with Gasteiger partial charge in [-0.2, -0.15) is 0 Å². The Balaban J connectivity index is 3.43. The fourth-order valence-corrected chi connectivity index (χ4v) is 1.48. The third kappa shape index (κ3) is 11.2. The molecule has 5 N–H and O–H groups in total. The number of rotatable bonds is 16. The molecule has 0 fully saturated rings. The van der Waals surface area contributed by atoms with Gasteiger partial charge in [-0.3, -0.25) is 0 Å². The van der Waals surface area contributed by atoms with Crippen LogP contribution in [0.15, 0.2) is 0 Å². The minimum atomic E-state index is -1.36. The third-order valence-electron chi connectivity index (χ3n) is 2.68. The predicted molar refractivity (Wildman–Crippen MR) is 75.5 cm³/mol. The lowest BCUT2D eigenvalue weighted by Gasteiger charge is -2.24. The Kier molecular flexibility index (Phi) is 15.3. The molecule has 0 amide bonds. The van der Waals surface area contributed by atoms with Crippen molar-refractivity contribution in [1.29, 1.82) is 0 Å². The Hall–Kier alpha value is -0.360. The number of ether oxygens (including phenoxy) is 4. The molecule has 3 unspecified atom stereocenters. The topological polar surface area (TPSA) is 138 Å². The first-order chi connectivity index (χ1) is 10.7. The van der Waals surface area contributed by atoms with Crippen LogP contribution < -0.4 is 0 Å². The lowest BCUT2D eigenvalue weighted by molar-refractivity contribution is -0.124. The lowest BCUT2D eigenvalue weighted by atomic mass is 10.1. The van der Waals surface area contributed by atoms with Crippen LogP contribution in [0, 0.1) is 0 Å². The zero-order valence-corrected chi connectivity index (χ0v) is 12.7. The van der Waals surface area contributed by atoms with E-state index in [-0.39, 0.29) is 19.8 Å². The van der Waals surface area contributed by atoms with E-state index in [0.717, 1.165) is 0 Å². The first-order valence-corrected chi connectivity index (χ1v) is 7.20. The van der Waals surface area contributed by atoms with Gasteiger partial charge in [0.2, 0.25) is 0 Å². The lowest BCUT2D eigenvalue weighted by Crippen LogP contribution is -2.43. The summed E-state index contributed by atoms with van der Waals surface area (Å²) in [6, 6.07) is 0. The van der Waals surface area contributed by atoms with Crippen LogP contribution in [0.3, 0.4) is 0 Å². The summed E-state index contributed by atoms with van der Waals surface area (Å²) in [5.41, 5.74) is 0. The highest BCUT2D eigenvalue weighted by Gasteiger charge is 2.25. The number of aliphatic hydroxyl groups is 5. The van der Waals surface area contributed by atoms with Gasteiger partial charge in [-0.25, -0.2) is 0 Å². The molecule has 0 bridgehead atoms. The SMILES string of the molecule is OCCOCCOCCOCCOC(CO)C(O)C(O)CO. The number of hydrogen-bond donors (Lipinski definition) is 5. The van der Waals surface area contributed by atoms with Gasteiger partial charge in [0.1, 0.15) is 18.3 Å². The fraction of sp³-hybridized carbons (Fsp3) is 1.00. The Morgan fingerprint density at radius 3 is 1.59 bits per heavy atom. The van der Waals surface area contributed by atoms with Crippen molar-refractivity contribution in [2.75, 3.05) is 66.1 Å². The van der Waals surface area contributed by atoms with Crippen LogP contribution in [0.25, 0.3) is 0 Å². The summed E-state index contributed by atoms with van der Waals surface area (Å²) in [5.74, 6) is 0. The van der Waals surface area contributed by atoms with E-state index < -0.39 is 31.5 Å². The molecule has 0 spiro atoms. The van der Waals surface area contributed by atoms with Crippen molar-refractivity contribution < 1.29 is 44.5 Å². The monoisotopic (exact) mass is 328 g/mol. The average molecular weight is 328 g/mol. The highest BCUT2D eigenvalue weighted by atomic mass is 16.6. The summed E-state index contributed by atoms with van der Waals surface area (Å²) in [6.45, 7) is 1.12. The van der Waals surface area contributed by atoms with Gasteiger partial charge in [-0.15, -0.1) is 0 Å². The van der Waals surface area contributed by atoms with E-state index in [2.05, 4.69) is 0 Å². The zero-order chi connectivity index (χ0) is 16.6. The Labute approximate surface area is 130 Å². The highest BCUT2D eigenvalue weighted by Crippen LogP contribution is 2.04. The first-order valence-electron chi connectivity index (χ1n) is 7.20. The molecule has 9 nitrogen and oxygen atoms in total. The number of hydrogen-bond acceptors (Lipinski definition) is 9. The summed E-state index contributed by atoms with van der Waals surface area (Å²) in [6.07, 6.45) is -3.71. The quantitative estimate of drug-likeness (QED) is 0.189. The summed E-state index contributed by atoms with van der Waals surface area (Å²) >= 11 is 0. The molecule has 0 saturated heterocycles. The van der Waals surface area contributed by atoms with Crippen molar-refractivity contribution >= 4 is 0 Å². The third-order valence-corrected chi connectivity index (χ3v) is 2.68. The maximum atomic E-state index is 9.56. The van der Waals surface area contributed by atoms with Crippen LogP contribution in [-0.2, 0) is 18.9 Å². The molecule has 0 aliphatic heterocycles. The van der Waals surface area contributed by atoms with Crippen LogP contribution in [0.4, 0.5) is 0 Å². The maximum absolute atomic E-state index is 9.56. The molecule has 134 valence electrons. The molecule has 9 heteroatoms. The van der Waals surface area contributed by atoms with Gasteiger partial charge >= 0.3 is 0 Å². The Bertz CT molecular complexity index is 230. The Morgan fingerprint density at radius 1 is 0.636 bits per heavy atom. The Morgan fingerprint density at radius 2 is 1.14 bits per heavy atom. The summed E-state index contributed by atoms with van der Waals surface area (Å²) in [4.78, 5) is 0. The van der Waals surface area contributed by atoms with E-state index in [1.54, 1.807) is 0 Å². The van der Waals surface area contributed by atoms with Gasteiger partial charge in [0.05, 0.1) is 66.1 Å². The summed E-state index contributed by atoms with van der Waals surface area (Å²) < 4.78 is 20.6. The molecule has 0 aliphatic rings. The van der Waals surface area contributed by atoms with Crippen molar-refractivity contribution in [2.24, 2.45) is 0 Å². The molecular formula is C13H28O9. The van der Waals surface area contributed by atoms with Crippen molar-refractivity contribution in [1.82, 2.24) is 0 Å². The summed E-state index contributed by atoms with van der Waals surface area (Å²) in [7, 11) is 0. The van der Waals surface area contributed by atoms with Crippen molar-refractivity contribution in [3.05, 3.63) is 0 Å². The van der Waals surface area contributed by atoms with Gasteiger partial charge in [0.15, 0.2) is 0 Å². The second-order valence-corrected chi connectivity index (χ2v) is 4.39. The van der Waals surface area contributed by atoms with E-state index in [1.807, 2.05) is 0 Å². The van der Waals surface area contributed by atoms with Gasteiger partial charge in [0, 0.05) is 0 Å². The second kappa shape index (κ2) is 15.5. The van der Waals surface area contributed by atoms with Crippen LogP contribution in [0.5, 0.6) is 0 Å². The molecule has 0 rings (SSSR count). The van der Waals surface area contributed by atoms with Gasteiger partial charge < -0.3 is 44.5 Å². The van der Waals surface area contributed by atoms with E-state index in [9.17, 15) is 10.2 Å². The predicted octanol–water partition coefficient (Wildman–Crippen LogP) is -2.88. The molecule has 0 aromatic rings. The molecule has 0 aromatic heterocycles. The van der Waals surface area contributed by atoms with Gasteiger partial charge in [-0.1, -0.05) is 0 Å². The van der Waals surface area contributed by atoms with E-state index in [4.69, 9.17) is 34.3 Å². The molecule has 0 saturated carbocycles. The highest BCUT2D eigenvalue weighted by molar-refractivity contribution is 4.75. The minimum absolute atomic E-state index is 0.0119. The number of aliphatic hydroxyl groups excluding tert-OH is 5. The average Bonchev–Trinajstić information content (AvgIpc) is 2.54. The van der Waals surface area contributed by atoms with E-state index >= 15 is 0 Å². The van der Waals surface area contributed by atoms with Crippen molar-refractivity contribution in [2.45, 2.75) is 18.3 Å². The molecular weight excluding hydrogens is 300 g/mol. The molecule has 0 aliphatic carbocycles. The molecule has 3 atom stereocenters. The van der Waals surface area contributed by atoms with E-state index in [0.29, 0.717) is 33.0 Å². The molecule has 0 heterocycles. The van der Waals surface area contributed by atoms with E-state index in [1.165, 1.54) is 0 Å². The summed E-state index contributed by atoms with van der Waals surface area (Å²) in [5, 5.41) is 45.0. The molecule has 0 aromatic carbocycles. The standard InChI is InChI=1S/C13H28O9/c14-1-2-19-3-4-20-5-6-21-7-8-22-12(10-16)13(18)11(17)9-15/h11-18H,1-10H2. The fourth-order valence-electron chi connectivity index (χ4n) is 1.48. The van der Waals surface area contributed by atoms with Crippen LogP contribution >= 0.6 is 0 Å². The largest absolute Gasteiger partial charge is 0.394 e. The van der Waals surface area contributed by atoms with Gasteiger partial charge in [-0.05, 0) is 0 Å². The first kappa shape index (κ1) is 21.6. The molecule has 22 heavy (non-hydrogen) atoms. The van der Waals surface area contributed by atoms with Crippen LogP contribution in [0.1, 0.15) is 0 Å². The van der Waals surface area contributed by atoms with Crippen molar-refractivity contribution in [3.63, 3.8) is 0 Å². The van der Waals surface area contributed by atoms with Crippen molar-refractivity contribution in [3.8, 4) is 0 Å². The second-order valence-electron chi connectivity index (χ2n) is 4.39. The van der Waals surface area contributed by atoms with Gasteiger partial charge in [0.25, 0.3) is 0 Å². The smallest absolute Gasteiger partial charge is 0.110 e. The molecule has 0 radical (unpaired) electrons. The zero-order valence-electron chi connectivity index (χ0n) is 12.7. The normalized spacial score (nSPS) is 15.7. The minimum Gasteiger partial charge on any atom is -0.394 e. The van der Waals surface area contributed by atoms with Crippen LogP contribution in [0.2, 0.25) is 0 Å².